The number of fused-ring (bicyclic) bond motifs is 10. The highest BCUT2D eigenvalue weighted by Crippen LogP contribution is 2.64. The Labute approximate surface area is 354 Å². The first-order valence-corrected chi connectivity index (χ1v) is 21.4. The fourth-order valence-electron chi connectivity index (χ4n) is 9.91. The van der Waals surface area contributed by atoms with E-state index in [1.165, 1.54) is 65.4 Å². The minimum absolute atomic E-state index is 0.0222. The predicted octanol–water partition coefficient (Wildman–Crippen LogP) is 13.6. The molecule has 282 valence electrons. The number of dihydropyridines is 1. The largest absolute Gasteiger partial charge is 0.284 e. The van der Waals surface area contributed by atoms with Crippen LogP contribution in [-0.2, 0) is 5.41 Å². The van der Waals surface area contributed by atoms with E-state index in [0.29, 0.717) is 5.82 Å². The van der Waals surface area contributed by atoms with Crippen LogP contribution in [-0.4, -0.2) is 22.2 Å². The van der Waals surface area contributed by atoms with Crippen LogP contribution >= 0.6 is 11.8 Å². The van der Waals surface area contributed by atoms with Crippen molar-refractivity contribution >= 4 is 23.5 Å². The molecule has 2 aliphatic carbocycles. The molecule has 1 spiro atoms. The lowest BCUT2D eigenvalue weighted by atomic mass is 9.66. The van der Waals surface area contributed by atoms with Crippen molar-refractivity contribution in [2.45, 2.75) is 21.2 Å². The van der Waals surface area contributed by atoms with Crippen molar-refractivity contribution in [1.29, 1.82) is 0 Å². The summed E-state index contributed by atoms with van der Waals surface area (Å²) in [5.74, 6) is 0.927. The van der Waals surface area contributed by atoms with Crippen molar-refractivity contribution in [3.05, 3.63) is 234 Å². The van der Waals surface area contributed by atoms with Gasteiger partial charge in [-0.25, -0.2) is 9.97 Å². The van der Waals surface area contributed by atoms with E-state index in [9.17, 15) is 0 Å². The monoisotopic (exact) mass is 783 g/mol. The first-order chi connectivity index (χ1) is 29.8. The van der Waals surface area contributed by atoms with Gasteiger partial charge in [0.15, 0.2) is 5.82 Å². The molecule has 8 aromatic rings. The molecule has 0 N–H and O–H groups in total. The van der Waals surface area contributed by atoms with Crippen molar-refractivity contribution in [1.82, 2.24) is 9.97 Å². The molecule has 4 heteroatoms. The van der Waals surface area contributed by atoms with Crippen LogP contribution in [0.5, 0.6) is 0 Å². The molecular weight excluding hydrogens is 747 g/mol. The number of rotatable bonds is 5. The first-order valence-electron chi connectivity index (χ1n) is 20.6. The molecule has 2 aliphatic heterocycles. The lowest BCUT2D eigenvalue weighted by Gasteiger charge is -2.41. The first kappa shape index (κ1) is 34.9. The third-order valence-corrected chi connectivity index (χ3v) is 13.9. The highest BCUT2D eigenvalue weighted by molar-refractivity contribution is 7.99. The summed E-state index contributed by atoms with van der Waals surface area (Å²) in [6, 6.07) is 63.7. The van der Waals surface area contributed by atoms with Gasteiger partial charge in [0, 0.05) is 38.6 Å². The van der Waals surface area contributed by atoms with Crippen LogP contribution in [0.15, 0.2) is 221 Å². The number of hydrogen-bond donors (Lipinski definition) is 0. The summed E-state index contributed by atoms with van der Waals surface area (Å²) >= 11 is 1.88. The molecule has 4 aliphatic rings. The van der Waals surface area contributed by atoms with E-state index in [-0.39, 0.29) is 12.0 Å². The summed E-state index contributed by atoms with van der Waals surface area (Å²) in [5, 5.41) is 0. The van der Waals surface area contributed by atoms with Crippen LogP contribution < -0.4 is 0 Å². The lowest BCUT2D eigenvalue weighted by molar-refractivity contribution is 0.692. The van der Waals surface area contributed by atoms with Crippen LogP contribution in [0.2, 0.25) is 0 Å². The van der Waals surface area contributed by atoms with E-state index >= 15 is 0 Å². The predicted molar refractivity (Wildman–Crippen MR) is 247 cm³/mol. The Morgan fingerprint density at radius 1 is 0.433 bits per heavy atom. The molecule has 3 heterocycles. The third kappa shape index (κ3) is 5.34. The molecule has 0 bridgehead atoms. The van der Waals surface area contributed by atoms with Gasteiger partial charge < -0.3 is 0 Å². The average Bonchev–Trinajstić information content (AvgIpc) is 3.62. The van der Waals surface area contributed by atoms with Crippen LogP contribution in [0, 0.1) is 5.92 Å². The van der Waals surface area contributed by atoms with Crippen LogP contribution in [0.4, 0.5) is 0 Å². The highest BCUT2D eigenvalue weighted by atomic mass is 32.2. The number of benzene rings is 7. The van der Waals surface area contributed by atoms with Gasteiger partial charge in [-0.3, -0.25) is 4.99 Å². The Morgan fingerprint density at radius 3 is 1.68 bits per heavy atom. The quantitative estimate of drug-likeness (QED) is 0.174. The van der Waals surface area contributed by atoms with Crippen molar-refractivity contribution in [3.8, 4) is 56.2 Å². The average molecular weight is 784 g/mol. The summed E-state index contributed by atoms with van der Waals surface area (Å²) in [6.07, 6.45) is 13.1. The molecule has 1 aromatic heterocycles. The minimum Gasteiger partial charge on any atom is -0.284 e. The van der Waals surface area contributed by atoms with Gasteiger partial charge in [0.1, 0.15) is 0 Å². The topological polar surface area (TPSA) is 38.1 Å². The van der Waals surface area contributed by atoms with Crippen molar-refractivity contribution in [2.75, 3.05) is 0 Å². The Kier molecular flexibility index (Phi) is 8.14. The van der Waals surface area contributed by atoms with Gasteiger partial charge in [0.2, 0.25) is 0 Å². The second kappa shape index (κ2) is 14.0. The van der Waals surface area contributed by atoms with E-state index in [4.69, 9.17) is 15.0 Å². The fraction of sp³-hybridized carbons (Fsp3) is 0.0536. The standard InChI is InChI=1S/C56H37N3S/c1-3-15-36(16-4-1)37-30-32-38(33-31-37)50-35-51(59-55(58-50)40-17-5-2-6-18-40)45-25-13-29-49-54(45)60-53-44(43-23-11-19-39-20-14-34-57-52(39)43)24-12-28-48(53)56(49)46-26-9-7-21-41(46)42-22-8-10-27-47(42)56/h1-35,39,52H. The van der Waals surface area contributed by atoms with E-state index in [2.05, 4.69) is 200 Å². The smallest absolute Gasteiger partial charge is 0.160 e. The normalized spacial score (nSPS) is 17.3. The van der Waals surface area contributed by atoms with Gasteiger partial charge in [-0.2, -0.15) is 0 Å². The second-order valence-electron chi connectivity index (χ2n) is 15.8. The summed E-state index contributed by atoms with van der Waals surface area (Å²) in [7, 11) is 0. The molecular formula is C56H37N3S. The summed E-state index contributed by atoms with van der Waals surface area (Å²) in [5.41, 5.74) is 17.0. The summed E-state index contributed by atoms with van der Waals surface area (Å²) in [6.45, 7) is 0. The second-order valence-corrected chi connectivity index (χ2v) is 16.8. The molecule has 3 nitrogen and oxygen atoms in total. The molecule has 60 heavy (non-hydrogen) atoms. The zero-order valence-electron chi connectivity index (χ0n) is 32.6. The van der Waals surface area contributed by atoms with Gasteiger partial charge in [0.05, 0.1) is 22.8 Å². The Morgan fingerprint density at radius 2 is 0.967 bits per heavy atom. The molecule has 2 unspecified atom stereocenters. The molecule has 0 radical (unpaired) electrons. The summed E-state index contributed by atoms with van der Waals surface area (Å²) in [4.78, 5) is 18.2. The SMILES string of the molecule is C1=CC2C=CC=C(c3cccc4c3Sc3c(-c5cc(-c6ccc(-c7ccccc7)cc6)nc(-c6ccccc6)n5)cccc3C43c4ccccc4-c4ccccc43)C2N=C1. The maximum absolute atomic E-state index is 5.43. The number of aromatic nitrogens is 2. The van der Waals surface area contributed by atoms with E-state index < -0.39 is 5.41 Å². The molecule has 0 fully saturated rings. The minimum atomic E-state index is -0.555. The Bertz CT molecular complexity index is 3080. The molecule has 2 atom stereocenters. The molecule has 0 saturated carbocycles. The van der Waals surface area contributed by atoms with Crippen molar-refractivity contribution in [2.24, 2.45) is 10.9 Å². The Hall–Kier alpha value is -7.14. The zero-order valence-corrected chi connectivity index (χ0v) is 33.4. The molecule has 12 rings (SSSR count). The van der Waals surface area contributed by atoms with Crippen LogP contribution in [0.25, 0.3) is 61.7 Å². The molecule has 0 saturated heterocycles. The summed E-state index contributed by atoms with van der Waals surface area (Å²) < 4.78 is 0. The fourth-order valence-corrected chi connectivity index (χ4v) is 11.4. The third-order valence-electron chi connectivity index (χ3n) is 12.6. The van der Waals surface area contributed by atoms with Gasteiger partial charge in [-0.15, -0.1) is 0 Å². The maximum Gasteiger partial charge on any atom is 0.160 e. The van der Waals surface area contributed by atoms with Crippen LogP contribution in [0.1, 0.15) is 27.8 Å². The van der Waals surface area contributed by atoms with Gasteiger partial charge in [-0.05, 0) is 67.8 Å². The van der Waals surface area contributed by atoms with Gasteiger partial charge in [0.25, 0.3) is 0 Å². The molecule has 7 aromatic carbocycles. The number of nitrogens with zero attached hydrogens (tertiary/aromatic N) is 3. The van der Waals surface area contributed by atoms with E-state index in [1.54, 1.807) is 0 Å². The van der Waals surface area contributed by atoms with Crippen molar-refractivity contribution < 1.29 is 0 Å². The number of hydrogen-bond acceptors (Lipinski definition) is 4. The zero-order chi connectivity index (χ0) is 39.6. The number of aliphatic imine (C=N–C) groups is 1. The van der Waals surface area contributed by atoms with E-state index in [1.807, 2.05) is 24.0 Å². The van der Waals surface area contributed by atoms with E-state index in [0.717, 1.165) is 28.1 Å². The highest BCUT2D eigenvalue weighted by Gasteiger charge is 2.51. The van der Waals surface area contributed by atoms with Gasteiger partial charge >= 0.3 is 0 Å². The number of allylic oxidation sites excluding steroid dienone is 3. The Balaban J connectivity index is 1.11. The van der Waals surface area contributed by atoms with Crippen molar-refractivity contribution in [3.63, 3.8) is 0 Å². The van der Waals surface area contributed by atoms with Gasteiger partial charge in [-0.1, -0.05) is 206 Å². The lowest BCUT2D eigenvalue weighted by Crippen LogP contribution is -2.33. The molecule has 0 amide bonds. The van der Waals surface area contributed by atoms with Crippen LogP contribution in [0.3, 0.4) is 0 Å². The maximum atomic E-state index is 5.43.